The molecule has 136 valence electrons. The molecule has 2 heterocycles. The van der Waals surface area contributed by atoms with E-state index in [0.717, 1.165) is 5.56 Å². The summed E-state index contributed by atoms with van der Waals surface area (Å²) < 4.78 is 0. The van der Waals surface area contributed by atoms with E-state index < -0.39 is 0 Å². The maximum atomic E-state index is 13.4. The van der Waals surface area contributed by atoms with Crippen LogP contribution >= 0.6 is 12.2 Å². The molecule has 0 atom stereocenters. The minimum Gasteiger partial charge on any atom is -0.288 e. The van der Waals surface area contributed by atoms with Gasteiger partial charge in [-0.1, -0.05) is 60.2 Å². The molecule has 0 fully saturated rings. The molecule has 0 N–H and O–H groups in total. The summed E-state index contributed by atoms with van der Waals surface area (Å²) in [7, 11) is 0. The first kappa shape index (κ1) is 17.9. The van der Waals surface area contributed by atoms with Gasteiger partial charge in [0, 0.05) is 18.0 Å². The molecule has 1 aliphatic rings. The van der Waals surface area contributed by atoms with Crippen molar-refractivity contribution in [3.05, 3.63) is 101 Å². The monoisotopic (exact) mass is 384 g/mol. The molecular weight excluding hydrogens is 368 g/mol. The van der Waals surface area contributed by atoms with Crippen molar-refractivity contribution in [3.63, 3.8) is 0 Å². The van der Waals surface area contributed by atoms with Crippen molar-refractivity contribution >= 4 is 40.2 Å². The number of amides is 1. The number of pyridine rings is 1. The van der Waals surface area contributed by atoms with Crippen LogP contribution in [-0.4, -0.2) is 21.7 Å². The van der Waals surface area contributed by atoms with E-state index in [0.29, 0.717) is 22.4 Å². The van der Waals surface area contributed by atoms with E-state index in [1.807, 2.05) is 49.4 Å². The third-order valence-corrected chi connectivity index (χ3v) is 4.98. The fourth-order valence-corrected chi connectivity index (χ4v) is 3.56. The maximum absolute atomic E-state index is 13.4. The predicted molar refractivity (Wildman–Crippen MR) is 113 cm³/mol. The molecule has 0 unspecified atom stereocenters. The fourth-order valence-electron chi connectivity index (χ4n) is 3.18. The minimum absolute atomic E-state index is 0.209. The number of rotatable bonds is 4. The summed E-state index contributed by atoms with van der Waals surface area (Å²) in [6.45, 7) is 1.97. The number of aryl methyl sites for hydroxylation is 1. The molecule has 3 aromatic rings. The second-order valence-corrected chi connectivity index (χ2v) is 6.85. The van der Waals surface area contributed by atoms with Crippen LogP contribution in [0.15, 0.2) is 84.7 Å². The van der Waals surface area contributed by atoms with Gasteiger partial charge in [0.15, 0.2) is 5.78 Å². The highest BCUT2D eigenvalue weighted by atomic mass is 32.1. The van der Waals surface area contributed by atoms with Crippen LogP contribution in [0.3, 0.4) is 0 Å². The van der Waals surface area contributed by atoms with E-state index in [1.54, 1.807) is 30.5 Å². The zero-order chi connectivity index (χ0) is 19.7. The number of benzene rings is 2. The summed E-state index contributed by atoms with van der Waals surface area (Å²) in [5.74, 6) is -0.604. The zero-order valence-corrected chi connectivity index (χ0v) is 15.9. The van der Waals surface area contributed by atoms with Gasteiger partial charge in [-0.15, -0.1) is 0 Å². The molecule has 0 saturated heterocycles. The van der Waals surface area contributed by atoms with Crippen molar-refractivity contribution in [2.75, 3.05) is 4.90 Å². The van der Waals surface area contributed by atoms with E-state index in [4.69, 9.17) is 12.2 Å². The van der Waals surface area contributed by atoms with Crippen molar-refractivity contribution in [3.8, 4) is 0 Å². The Morgan fingerprint density at radius 1 is 0.964 bits per heavy atom. The van der Waals surface area contributed by atoms with Gasteiger partial charge in [-0.05, 0) is 36.8 Å². The quantitative estimate of drug-likeness (QED) is 0.494. The summed E-state index contributed by atoms with van der Waals surface area (Å²) in [5.41, 5.74) is 3.33. The van der Waals surface area contributed by atoms with Crippen molar-refractivity contribution < 1.29 is 9.59 Å². The number of aromatic nitrogens is 1. The Hall–Kier alpha value is -3.44. The van der Waals surface area contributed by atoms with Gasteiger partial charge >= 0.3 is 0 Å². The Bertz CT molecular complexity index is 1100. The van der Waals surface area contributed by atoms with Gasteiger partial charge in [0.2, 0.25) is 0 Å². The van der Waals surface area contributed by atoms with Gasteiger partial charge in [0.1, 0.15) is 4.99 Å². The average molecular weight is 384 g/mol. The van der Waals surface area contributed by atoms with Gasteiger partial charge in [-0.25, -0.2) is 0 Å². The number of thiocarbonyl (C=S) groups is 1. The highest BCUT2D eigenvalue weighted by Crippen LogP contribution is 2.35. The molecule has 0 saturated carbocycles. The summed E-state index contributed by atoms with van der Waals surface area (Å²) in [6, 6.07) is 20.0. The smallest absolute Gasteiger partial charge is 0.264 e. The molecular formula is C23H16N2O2S. The molecule has 1 aromatic heterocycles. The first-order chi connectivity index (χ1) is 13.6. The molecule has 5 heteroatoms. The Morgan fingerprint density at radius 3 is 2.32 bits per heavy atom. The van der Waals surface area contributed by atoms with Crippen LogP contribution in [0.5, 0.6) is 0 Å². The average Bonchev–Trinajstić information content (AvgIpc) is 2.99. The topological polar surface area (TPSA) is 50.3 Å². The van der Waals surface area contributed by atoms with E-state index in [9.17, 15) is 9.59 Å². The highest BCUT2D eigenvalue weighted by Gasteiger charge is 2.40. The number of carbonyl (C=O) groups is 2. The third kappa shape index (κ3) is 3.06. The lowest BCUT2D eigenvalue weighted by atomic mass is 9.96. The Morgan fingerprint density at radius 2 is 1.68 bits per heavy atom. The molecule has 28 heavy (non-hydrogen) atoms. The molecule has 1 amide bonds. The second kappa shape index (κ2) is 7.29. The van der Waals surface area contributed by atoms with Crippen LogP contribution < -0.4 is 4.90 Å². The lowest BCUT2D eigenvalue weighted by molar-refractivity contribution is -0.112. The van der Waals surface area contributed by atoms with E-state index >= 15 is 0 Å². The number of anilines is 1. The van der Waals surface area contributed by atoms with Crippen molar-refractivity contribution in [1.82, 2.24) is 4.98 Å². The molecule has 0 spiro atoms. The summed E-state index contributed by atoms with van der Waals surface area (Å²) in [6.07, 6.45) is 3.08. The second-order valence-electron chi connectivity index (χ2n) is 6.47. The normalized spacial score (nSPS) is 14.0. The van der Waals surface area contributed by atoms with Gasteiger partial charge < -0.3 is 0 Å². The van der Waals surface area contributed by atoms with Gasteiger partial charge in [-0.3, -0.25) is 19.5 Å². The standard InChI is InChI=1S/C23H16N2O2S/c1-15-9-11-16(12-10-15)19-20(21(26)17-6-5-13-24-14-17)23(28)25(22(19)27)18-7-3-2-4-8-18/h2-14H,1H3. The zero-order valence-electron chi connectivity index (χ0n) is 15.1. The molecule has 0 aliphatic carbocycles. The number of hydrogen-bond acceptors (Lipinski definition) is 4. The fraction of sp³-hybridized carbons (Fsp3) is 0.0435. The molecule has 1 aliphatic heterocycles. The van der Waals surface area contributed by atoms with Crippen LogP contribution in [0.4, 0.5) is 5.69 Å². The molecule has 4 nitrogen and oxygen atoms in total. The van der Waals surface area contributed by atoms with Crippen LogP contribution in [0, 0.1) is 6.92 Å². The number of Topliss-reactive ketones (excluding diaryl/α,β-unsaturated/α-hetero) is 1. The van der Waals surface area contributed by atoms with Gasteiger partial charge in [-0.2, -0.15) is 0 Å². The van der Waals surface area contributed by atoms with Crippen LogP contribution in [0.2, 0.25) is 0 Å². The number of nitrogens with zero attached hydrogens (tertiary/aromatic N) is 2. The lowest BCUT2D eigenvalue weighted by Gasteiger charge is -2.17. The summed E-state index contributed by atoms with van der Waals surface area (Å²) in [5, 5.41) is 0. The molecule has 0 radical (unpaired) electrons. The summed E-state index contributed by atoms with van der Waals surface area (Å²) in [4.78, 5) is 32.3. The number of para-hydroxylation sites is 1. The Kier molecular flexibility index (Phi) is 4.67. The number of ketones is 1. The largest absolute Gasteiger partial charge is 0.288 e. The predicted octanol–water partition coefficient (Wildman–Crippen LogP) is 4.40. The SMILES string of the molecule is Cc1ccc(C2=C(C(=O)c3cccnc3)C(=S)N(c3ccccc3)C2=O)cc1. The third-order valence-electron chi connectivity index (χ3n) is 4.59. The molecule has 2 aromatic carbocycles. The van der Waals surface area contributed by atoms with Crippen LogP contribution in [0.1, 0.15) is 21.5 Å². The first-order valence-electron chi connectivity index (χ1n) is 8.78. The van der Waals surface area contributed by atoms with E-state index in [-0.39, 0.29) is 22.3 Å². The van der Waals surface area contributed by atoms with Crippen molar-refractivity contribution in [2.24, 2.45) is 0 Å². The maximum Gasteiger partial charge on any atom is 0.264 e. The minimum atomic E-state index is -0.305. The van der Waals surface area contributed by atoms with Crippen LogP contribution in [-0.2, 0) is 4.79 Å². The Labute approximate surface area is 168 Å². The van der Waals surface area contributed by atoms with Gasteiger partial charge in [0.25, 0.3) is 5.91 Å². The molecule has 4 rings (SSSR count). The van der Waals surface area contributed by atoms with E-state index in [2.05, 4.69) is 4.98 Å². The van der Waals surface area contributed by atoms with Crippen LogP contribution in [0.25, 0.3) is 5.57 Å². The van der Waals surface area contributed by atoms with Crippen molar-refractivity contribution in [2.45, 2.75) is 6.92 Å². The van der Waals surface area contributed by atoms with E-state index in [1.165, 1.54) is 11.1 Å². The number of hydrogen-bond donors (Lipinski definition) is 0. The Balaban J connectivity index is 1.89. The van der Waals surface area contributed by atoms with Gasteiger partial charge in [0.05, 0.1) is 16.8 Å². The first-order valence-corrected chi connectivity index (χ1v) is 9.18. The number of carbonyl (C=O) groups excluding carboxylic acids is 2. The summed E-state index contributed by atoms with van der Waals surface area (Å²) >= 11 is 5.61. The highest BCUT2D eigenvalue weighted by molar-refractivity contribution is 7.81. The lowest BCUT2D eigenvalue weighted by Crippen LogP contribution is -2.31. The molecule has 0 bridgehead atoms. The van der Waals surface area contributed by atoms with Crippen molar-refractivity contribution in [1.29, 1.82) is 0 Å².